The highest BCUT2D eigenvalue weighted by Crippen LogP contribution is 2.13. The highest BCUT2D eigenvalue weighted by atomic mass is 127. The minimum atomic E-state index is -0.323. The zero-order valence-corrected chi connectivity index (χ0v) is 12.4. The molecule has 96 valence electrons. The summed E-state index contributed by atoms with van der Waals surface area (Å²) in [6, 6.07) is 4.15. The van der Waals surface area contributed by atoms with Crippen LogP contribution in [0.5, 0.6) is 0 Å². The fraction of sp³-hybridized carbons (Fsp3) is 0.364. The van der Waals surface area contributed by atoms with Crippen LogP contribution in [-0.4, -0.2) is 26.0 Å². The normalized spacial score (nSPS) is 9.59. The molecular weight excluding hydrogens is 357 g/mol. The lowest BCUT2D eigenvalue weighted by Gasteiger charge is -2.06. The van der Waals surface area contributed by atoms with Crippen molar-refractivity contribution in [1.29, 1.82) is 0 Å². The van der Waals surface area contributed by atoms with E-state index in [0.717, 1.165) is 13.0 Å². The van der Waals surface area contributed by atoms with E-state index < -0.39 is 0 Å². The van der Waals surface area contributed by atoms with Crippen LogP contribution in [0.1, 0.15) is 16.8 Å². The first kappa shape index (κ1) is 16.6. The second-order valence-corrected chi connectivity index (χ2v) is 4.50. The van der Waals surface area contributed by atoms with E-state index in [0.29, 0.717) is 15.7 Å². The fourth-order valence-corrected chi connectivity index (χ4v) is 1.96. The van der Waals surface area contributed by atoms with Crippen LogP contribution in [0.2, 0.25) is 0 Å². The Morgan fingerprint density at radius 3 is 2.71 bits per heavy atom. The summed E-state index contributed by atoms with van der Waals surface area (Å²) >= 11 is 1.96. The van der Waals surface area contributed by atoms with Crippen LogP contribution in [-0.2, 0) is 0 Å². The molecule has 2 N–H and O–H groups in total. The Morgan fingerprint density at radius 1 is 1.41 bits per heavy atom. The monoisotopic (exact) mass is 372 g/mol. The summed E-state index contributed by atoms with van der Waals surface area (Å²) in [5.41, 5.74) is 0.520. The molecule has 0 unspecified atom stereocenters. The number of hydrogen-bond acceptors (Lipinski definition) is 2. The first-order chi connectivity index (χ1) is 7.65. The maximum atomic E-state index is 12.8. The minimum Gasteiger partial charge on any atom is -0.352 e. The lowest BCUT2D eigenvalue weighted by Crippen LogP contribution is -2.27. The second kappa shape index (κ2) is 8.66. The maximum absolute atomic E-state index is 12.8. The highest BCUT2D eigenvalue weighted by Gasteiger charge is 2.09. The van der Waals surface area contributed by atoms with Crippen LogP contribution in [0.3, 0.4) is 0 Å². The molecule has 1 aromatic carbocycles. The molecule has 0 heterocycles. The lowest BCUT2D eigenvalue weighted by molar-refractivity contribution is 0.0952. The Hall–Kier alpha value is -0.400. The third kappa shape index (κ3) is 5.65. The lowest BCUT2D eigenvalue weighted by atomic mass is 10.2. The Bertz CT molecular complexity index is 376. The van der Waals surface area contributed by atoms with Gasteiger partial charge in [-0.05, 0) is 60.8 Å². The molecule has 0 fully saturated rings. The molecule has 0 aliphatic carbocycles. The molecule has 0 aliphatic heterocycles. The van der Waals surface area contributed by atoms with Gasteiger partial charge in [-0.3, -0.25) is 4.79 Å². The molecule has 0 saturated carbocycles. The molecule has 6 heteroatoms. The van der Waals surface area contributed by atoms with E-state index in [2.05, 4.69) is 10.6 Å². The molecule has 0 bridgehead atoms. The number of halogens is 3. The topological polar surface area (TPSA) is 41.1 Å². The SMILES string of the molecule is CNCCCNC(=O)c1ccc(F)cc1I.Cl. The Balaban J connectivity index is 0.00000256. The maximum Gasteiger partial charge on any atom is 0.252 e. The van der Waals surface area contributed by atoms with Crippen molar-refractivity contribution in [2.45, 2.75) is 6.42 Å². The van der Waals surface area contributed by atoms with E-state index in [1.165, 1.54) is 18.2 Å². The molecule has 0 radical (unpaired) electrons. The highest BCUT2D eigenvalue weighted by molar-refractivity contribution is 14.1. The summed E-state index contributed by atoms with van der Waals surface area (Å²) in [6.07, 6.45) is 0.875. The number of rotatable bonds is 5. The largest absolute Gasteiger partial charge is 0.352 e. The van der Waals surface area contributed by atoms with E-state index in [-0.39, 0.29) is 24.1 Å². The average Bonchev–Trinajstić information content (AvgIpc) is 2.24. The molecular formula is C11H15ClFIN2O. The standard InChI is InChI=1S/C11H14FIN2O.ClH/c1-14-5-2-6-15-11(16)9-4-3-8(12)7-10(9)13;/h3-4,7,14H,2,5-6H2,1H3,(H,15,16);1H. The molecule has 3 nitrogen and oxygen atoms in total. The zero-order valence-electron chi connectivity index (χ0n) is 9.43. The van der Waals surface area contributed by atoms with Gasteiger partial charge < -0.3 is 10.6 Å². The van der Waals surface area contributed by atoms with Gasteiger partial charge >= 0.3 is 0 Å². The molecule has 0 saturated heterocycles. The van der Waals surface area contributed by atoms with E-state index in [9.17, 15) is 9.18 Å². The van der Waals surface area contributed by atoms with Crippen molar-refractivity contribution < 1.29 is 9.18 Å². The van der Waals surface area contributed by atoms with Crippen molar-refractivity contribution in [3.05, 3.63) is 33.1 Å². The van der Waals surface area contributed by atoms with Crippen LogP contribution < -0.4 is 10.6 Å². The Kier molecular flexibility index (Phi) is 8.45. The van der Waals surface area contributed by atoms with E-state index in [1.54, 1.807) is 0 Å². The van der Waals surface area contributed by atoms with Crippen molar-refractivity contribution in [3.8, 4) is 0 Å². The van der Waals surface area contributed by atoms with Gasteiger partial charge in [0.25, 0.3) is 5.91 Å². The number of hydrogen-bond donors (Lipinski definition) is 2. The summed E-state index contributed by atoms with van der Waals surface area (Å²) in [5.74, 6) is -0.475. The second-order valence-electron chi connectivity index (χ2n) is 3.34. The van der Waals surface area contributed by atoms with Crippen LogP contribution in [0.4, 0.5) is 4.39 Å². The van der Waals surface area contributed by atoms with Crippen molar-refractivity contribution in [1.82, 2.24) is 10.6 Å². The third-order valence-corrected chi connectivity index (χ3v) is 2.96. The number of nitrogens with one attached hydrogen (secondary N) is 2. The third-order valence-electron chi connectivity index (χ3n) is 2.06. The summed E-state index contributed by atoms with van der Waals surface area (Å²) in [5, 5.41) is 5.79. The number of benzene rings is 1. The molecule has 1 aromatic rings. The summed E-state index contributed by atoms with van der Waals surface area (Å²) < 4.78 is 13.4. The molecule has 0 aliphatic rings. The predicted molar refractivity (Wildman–Crippen MR) is 77.2 cm³/mol. The van der Waals surface area contributed by atoms with Gasteiger partial charge in [-0.1, -0.05) is 0 Å². The molecule has 0 aromatic heterocycles. The van der Waals surface area contributed by atoms with E-state index >= 15 is 0 Å². The van der Waals surface area contributed by atoms with Gasteiger partial charge in [-0.15, -0.1) is 12.4 Å². The first-order valence-corrected chi connectivity index (χ1v) is 6.11. The van der Waals surface area contributed by atoms with Crippen LogP contribution in [0.15, 0.2) is 18.2 Å². The fourth-order valence-electron chi connectivity index (χ4n) is 1.24. The first-order valence-electron chi connectivity index (χ1n) is 5.03. The smallest absolute Gasteiger partial charge is 0.252 e. The van der Waals surface area contributed by atoms with Gasteiger partial charge in [0.2, 0.25) is 0 Å². The Morgan fingerprint density at radius 2 is 2.12 bits per heavy atom. The number of amides is 1. The predicted octanol–water partition coefficient (Wildman–Crippen LogP) is 2.19. The van der Waals surface area contributed by atoms with Crippen molar-refractivity contribution in [3.63, 3.8) is 0 Å². The van der Waals surface area contributed by atoms with Gasteiger partial charge in [-0.25, -0.2) is 4.39 Å². The van der Waals surface area contributed by atoms with Crippen molar-refractivity contribution >= 4 is 40.9 Å². The van der Waals surface area contributed by atoms with Gasteiger partial charge in [-0.2, -0.15) is 0 Å². The quantitative estimate of drug-likeness (QED) is 0.614. The van der Waals surface area contributed by atoms with E-state index in [1.807, 2.05) is 29.6 Å². The van der Waals surface area contributed by atoms with Crippen molar-refractivity contribution in [2.24, 2.45) is 0 Å². The average molecular weight is 373 g/mol. The summed E-state index contributed by atoms with van der Waals surface area (Å²) in [6.45, 7) is 1.48. The molecule has 17 heavy (non-hydrogen) atoms. The zero-order chi connectivity index (χ0) is 12.0. The Labute approximate surface area is 120 Å². The van der Waals surface area contributed by atoms with Gasteiger partial charge in [0.1, 0.15) is 5.82 Å². The van der Waals surface area contributed by atoms with Crippen LogP contribution >= 0.6 is 35.0 Å². The van der Waals surface area contributed by atoms with Gasteiger partial charge in [0.15, 0.2) is 0 Å². The minimum absolute atomic E-state index is 0. The number of carbonyl (C=O) groups is 1. The summed E-state index contributed by atoms with van der Waals surface area (Å²) in [7, 11) is 1.87. The van der Waals surface area contributed by atoms with Crippen LogP contribution in [0.25, 0.3) is 0 Å². The van der Waals surface area contributed by atoms with Gasteiger partial charge in [0.05, 0.1) is 5.56 Å². The van der Waals surface area contributed by atoms with Gasteiger partial charge in [0, 0.05) is 10.1 Å². The van der Waals surface area contributed by atoms with E-state index in [4.69, 9.17) is 0 Å². The molecule has 1 amide bonds. The number of carbonyl (C=O) groups excluding carboxylic acids is 1. The molecule has 0 spiro atoms. The molecule has 0 atom stereocenters. The van der Waals surface area contributed by atoms with Crippen molar-refractivity contribution in [2.75, 3.05) is 20.1 Å². The van der Waals surface area contributed by atoms with Crippen LogP contribution in [0, 0.1) is 9.39 Å². The summed E-state index contributed by atoms with van der Waals surface area (Å²) in [4.78, 5) is 11.7. The molecule has 1 rings (SSSR count).